The number of methoxy groups -OCH3 is 1. The molecular weight excluding hydrogens is 228 g/mol. The predicted molar refractivity (Wildman–Crippen MR) is 74.7 cm³/mol. The van der Waals surface area contributed by atoms with Gasteiger partial charge >= 0.3 is 0 Å². The zero-order valence-electron chi connectivity index (χ0n) is 12.6. The molecule has 1 aliphatic carbocycles. The summed E-state index contributed by atoms with van der Waals surface area (Å²) in [6, 6.07) is 1.01. The molecular formula is C14H30N2O2. The number of nitrogens with one attached hydrogen (secondary N) is 2. The van der Waals surface area contributed by atoms with Crippen LogP contribution in [0.3, 0.4) is 0 Å². The molecule has 0 aromatic carbocycles. The van der Waals surface area contributed by atoms with Crippen molar-refractivity contribution in [3.63, 3.8) is 0 Å². The standard InChI is InChI=1S/C14H30N2O2/c1-11(2)16-12-7-6-8-13(12)18-14(3,4)15-9-10-17-5/h11-13,15-16H,6-10H2,1-5H3. The van der Waals surface area contributed by atoms with Gasteiger partial charge in [-0.05, 0) is 33.1 Å². The molecule has 1 saturated carbocycles. The van der Waals surface area contributed by atoms with Crippen molar-refractivity contribution in [2.75, 3.05) is 20.3 Å². The van der Waals surface area contributed by atoms with Crippen molar-refractivity contribution in [2.45, 2.75) is 70.9 Å². The maximum atomic E-state index is 6.23. The zero-order valence-corrected chi connectivity index (χ0v) is 12.6. The lowest BCUT2D eigenvalue weighted by atomic mass is 10.1. The lowest BCUT2D eigenvalue weighted by Crippen LogP contribution is -2.50. The van der Waals surface area contributed by atoms with Crippen molar-refractivity contribution in [1.82, 2.24) is 10.6 Å². The first-order valence-electron chi connectivity index (χ1n) is 7.12. The van der Waals surface area contributed by atoms with Gasteiger partial charge < -0.3 is 14.8 Å². The Hall–Kier alpha value is -0.160. The Bertz CT molecular complexity index is 232. The van der Waals surface area contributed by atoms with E-state index in [1.165, 1.54) is 12.8 Å². The van der Waals surface area contributed by atoms with Crippen LogP contribution >= 0.6 is 0 Å². The van der Waals surface area contributed by atoms with Gasteiger partial charge in [-0.3, -0.25) is 5.32 Å². The lowest BCUT2D eigenvalue weighted by molar-refractivity contribution is -0.0994. The zero-order chi connectivity index (χ0) is 13.6. The molecule has 18 heavy (non-hydrogen) atoms. The van der Waals surface area contributed by atoms with Crippen molar-refractivity contribution >= 4 is 0 Å². The van der Waals surface area contributed by atoms with E-state index in [0.717, 1.165) is 13.0 Å². The van der Waals surface area contributed by atoms with Crippen molar-refractivity contribution in [2.24, 2.45) is 0 Å². The molecule has 0 heterocycles. The molecule has 4 heteroatoms. The van der Waals surface area contributed by atoms with E-state index < -0.39 is 0 Å². The molecule has 0 aliphatic heterocycles. The molecule has 0 amide bonds. The highest BCUT2D eigenvalue weighted by molar-refractivity contribution is 4.87. The van der Waals surface area contributed by atoms with E-state index >= 15 is 0 Å². The molecule has 1 aliphatic rings. The highest BCUT2D eigenvalue weighted by Gasteiger charge is 2.32. The van der Waals surface area contributed by atoms with Crippen LogP contribution in [0.2, 0.25) is 0 Å². The molecule has 2 N–H and O–H groups in total. The fourth-order valence-corrected chi connectivity index (χ4v) is 2.56. The van der Waals surface area contributed by atoms with Crippen LogP contribution in [0.4, 0.5) is 0 Å². The minimum atomic E-state index is -0.287. The van der Waals surface area contributed by atoms with E-state index in [4.69, 9.17) is 9.47 Å². The molecule has 2 atom stereocenters. The molecule has 1 rings (SSSR count). The molecule has 0 aromatic rings. The number of rotatable bonds is 8. The number of hydrogen-bond acceptors (Lipinski definition) is 4. The summed E-state index contributed by atoms with van der Waals surface area (Å²) in [5.41, 5.74) is -0.287. The van der Waals surface area contributed by atoms with Gasteiger partial charge in [0.2, 0.25) is 0 Å². The van der Waals surface area contributed by atoms with E-state index in [0.29, 0.717) is 24.8 Å². The third-order valence-corrected chi connectivity index (χ3v) is 3.30. The van der Waals surface area contributed by atoms with Crippen LogP contribution in [0, 0.1) is 0 Å². The Morgan fingerprint density at radius 1 is 1.28 bits per heavy atom. The van der Waals surface area contributed by atoms with Crippen molar-refractivity contribution in [3.05, 3.63) is 0 Å². The first kappa shape index (κ1) is 15.9. The van der Waals surface area contributed by atoms with Gasteiger partial charge in [-0.15, -0.1) is 0 Å². The summed E-state index contributed by atoms with van der Waals surface area (Å²) in [4.78, 5) is 0. The lowest BCUT2D eigenvalue weighted by Gasteiger charge is -2.33. The molecule has 0 saturated heterocycles. The summed E-state index contributed by atoms with van der Waals surface area (Å²) in [6.07, 6.45) is 3.94. The summed E-state index contributed by atoms with van der Waals surface area (Å²) >= 11 is 0. The Kier molecular flexibility index (Phi) is 6.57. The maximum absolute atomic E-state index is 6.23. The molecule has 108 valence electrons. The van der Waals surface area contributed by atoms with Gasteiger partial charge in [-0.2, -0.15) is 0 Å². The fourth-order valence-electron chi connectivity index (χ4n) is 2.56. The quantitative estimate of drug-likeness (QED) is 0.515. The Labute approximate surface area is 112 Å². The summed E-state index contributed by atoms with van der Waals surface area (Å²) < 4.78 is 11.3. The van der Waals surface area contributed by atoms with Gasteiger partial charge in [0, 0.05) is 25.7 Å². The van der Waals surface area contributed by atoms with Gasteiger partial charge in [-0.25, -0.2) is 0 Å². The summed E-state index contributed by atoms with van der Waals surface area (Å²) in [5.74, 6) is 0. The highest BCUT2D eigenvalue weighted by atomic mass is 16.5. The van der Waals surface area contributed by atoms with Crippen LogP contribution in [0.5, 0.6) is 0 Å². The predicted octanol–water partition coefficient (Wildman–Crippen LogP) is 1.89. The van der Waals surface area contributed by atoms with E-state index in [9.17, 15) is 0 Å². The van der Waals surface area contributed by atoms with Crippen LogP contribution in [-0.2, 0) is 9.47 Å². The third kappa shape index (κ3) is 5.65. The Morgan fingerprint density at radius 2 is 2.00 bits per heavy atom. The summed E-state index contributed by atoms with van der Waals surface area (Å²) in [5, 5.41) is 6.99. The van der Waals surface area contributed by atoms with Crippen LogP contribution in [0.15, 0.2) is 0 Å². The van der Waals surface area contributed by atoms with E-state index in [2.05, 4.69) is 38.3 Å². The average Bonchev–Trinajstić information content (AvgIpc) is 2.64. The van der Waals surface area contributed by atoms with Crippen molar-refractivity contribution < 1.29 is 9.47 Å². The largest absolute Gasteiger partial charge is 0.383 e. The summed E-state index contributed by atoms with van der Waals surface area (Å²) in [6.45, 7) is 10.1. The SMILES string of the molecule is COCCNC(C)(C)OC1CCCC1NC(C)C. The summed E-state index contributed by atoms with van der Waals surface area (Å²) in [7, 11) is 1.72. The first-order valence-corrected chi connectivity index (χ1v) is 7.12. The fraction of sp³-hybridized carbons (Fsp3) is 1.00. The maximum Gasteiger partial charge on any atom is 0.114 e. The minimum Gasteiger partial charge on any atom is -0.383 e. The normalized spacial score (nSPS) is 25.0. The van der Waals surface area contributed by atoms with Crippen LogP contribution < -0.4 is 10.6 Å². The second-order valence-electron chi connectivity index (χ2n) is 5.94. The molecule has 0 aromatic heterocycles. The van der Waals surface area contributed by atoms with Gasteiger partial charge in [0.15, 0.2) is 0 Å². The molecule has 0 bridgehead atoms. The highest BCUT2D eigenvalue weighted by Crippen LogP contribution is 2.26. The number of hydrogen-bond donors (Lipinski definition) is 2. The van der Waals surface area contributed by atoms with Gasteiger partial charge in [0.25, 0.3) is 0 Å². The number of ether oxygens (including phenoxy) is 2. The minimum absolute atomic E-state index is 0.287. The second kappa shape index (κ2) is 7.43. The molecule has 0 radical (unpaired) electrons. The monoisotopic (exact) mass is 258 g/mol. The van der Waals surface area contributed by atoms with E-state index in [1.807, 2.05) is 0 Å². The van der Waals surface area contributed by atoms with Gasteiger partial charge in [0.1, 0.15) is 5.72 Å². The average molecular weight is 258 g/mol. The van der Waals surface area contributed by atoms with Gasteiger partial charge in [-0.1, -0.05) is 13.8 Å². The smallest absolute Gasteiger partial charge is 0.114 e. The van der Waals surface area contributed by atoms with Crippen molar-refractivity contribution in [1.29, 1.82) is 0 Å². The Balaban J connectivity index is 2.38. The molecule has 2 unspecified atom stereocenters. The third-order valence-electron chi connectivity index (χ3n) is 3.30. The topological polar surface area (TPSA) is 42.5 Å². The van der Waals surface area contributed by atoms with E-state index in [1.54, 1.807) is 7.11 Å². The molecule has 0 spiro atoms. The van der Waals surface area contributed by atoms with Gasteiger partial charge in [0.05, 0.1) is 12.7 Å². The van der Waals surface area contributed by atoms with E-state index in [-0.39, 0.29) is 5.72 Å². The Morgan fingerprint density at radius 3 is 2.61 bits per heavy atom. The molecule has 4 nitrogen and oxygen atoms in total. The van der Waals surface area contributed by atoms with Crippen LogP contribution in [-0.4, -0.2) is 44.2 Å². The van der Waals surface area contributed by atoms with Crippen molar-refractivity contribution in [3.8, 4) is 0 Å². The van der Waals surface area contributed by atoms with Crippen LogP contribution in [0.25, 0.3) is 0 Å². The first-order chi connectivity index (χ1) is 8.44. The van der Waals surface area contributed by atoms with Crippen LogP contribution in [0.1, 0.15) is 47.0 Å². The molecule has 1 fully saturated rings. The second-order valence-corrected chi connectivity index (χ2v) is 5.94.